The van der Waals surface area contributed by atoms with Crippen LogP contribution in [-0.2, 0) is 14.8 Å². The third kappa shape index (κ3) is 7.49. The van der Waals surface area contributed by atoms with Crippen LogP contribution >= 0.6 is 0 Å². The number of benzene rings is 2. The number of sulfonamides is 1. The van der Waals surface area contributed by atoms with E-state index >= 15 is 0 Å². The largest absolute Gasteiger partial charge is 0.370 e. The summed E-state index contributed by atoms with van der Waals surface area (Å²) >= 11 is 0. The molecule has 3 aliphatic heterocycles. The molecule has 0 saturated carbocycles. The third-order valence-corrected chi connectivity index (χ3v) is 11.3. The zero-order valence-electron chi connectivity index (χ0n) is 26.6. The first-order valence-corrected chi connectivity index (χ1v) is 17.9. The minimum absolute atomic E-state index is 0.0539. The van der Waals surface area contributed by atoms with Crippen LogP contribution in [0.3, 0.4) is 0 Å². The zero-order chi connectivity index (χ0) is 32.0. The van der Waals surface area contributed by atoms with Crippen molar-refractivity contribution in [2.75, 3.05) is 62.2 Å². The van der Waals surface area contributed by atoms with Crippen molar-refractivity contribution >= 4 is 44.9 Å². The molecule has 3 saturated heterocycles. The summed E-state index contributed by atoms with van der Waals surface area (Å²) in [5, 5.41) is 11.7. The molecule has 0 bridgehead atoms. The van der Waals surface area contributed by atoms with Crippen LogP contribution in [-0.4, -0.2) is 87.0 Å². The minimum atomic E-state index is -3.73. The molecule has 3 fully saturated rings. The lowest BCUT2D eigenvalue weighted by atomic mass is 9.95. The van der Waals surface area contributed by atoms with Gasteiger partial charge in [-0.15, -0.1) is 0 Å². The van der Waals surface area contributed by atoms with Crippen LogP contribution in [0, 0.1) is 16.0 Å². The fraction of sp³-hybridized carbons (Fsp3) is 0.576. The maximum absolute atomic E-state index is 14.0. The van der Waals surface area contributed by atoms with Crippen molar-refractivity contribution in [3.63, 3.8) is 0 Å². The van der Waals surface area contributed by atoms with Crippen LogP contribution < -0.4 is 9.80 Å². The van der Waals surface area contributed by atoms with Crippen molar-refractivity contribution in [3.05, 3.63) is 52.1 Å². The normalized spacial score (nSPS) is 20.0. The average molecular weight is 639 g/mol. The van der Waals surface area contributed by atoms with Gasteiger partial charge >= 0.3 is 0 Å². The monoisotopic (exact) mass is 638 g/mol. The number of rotatable bonds is 10. The number of anilines is 2. The Morgan fingerprint density at radius 3 is 2.22 bits per heavy atom. The van der Waals surface area contributed by atoms with Crippen LogP contribution in [0.5, 0.6) is 0 Å². The van der Waals surface area contributed by atoms with Gasteiger partial charge in [-0.25, -0.2) is 8.42 Å². The van der Waals surface area contributed by atoms with Crippen molar-refractivity contribution in [2.45, 2.75) is 70.1 Å². The van der Waals surface area contributed by atoms with Gasteiger partial charge in [0.25, 0.3) is 5.69 Å². The van der Waals surface area contributed by atoms with Gasteiger partial charge in [0.1, 0.15) is 4.90 Å². The van der Waals surface area contributed by atoms with Gasteiger partial charge < -0.3 is 14.7 Å². The highest BCUT2D eigenvalue weighted by atomic mass is 32.2. The molecule has 11 nitrogen and oxygen atoms in total. The standard InChI is InChI=1S/C33H46N6O5S/c1-3-35(4-2)33(40)26-12-11-19-37(25-26)30-16-14-29(39(41)42)22-27(30)24-34-28-13-15-31(36-17-7-5-8-18-36)32(23-28)45(43,44)38-20-9-6-10-21-38/h13-16,22-24,26H,3-12,17-21,25H2,1-2H3/t26-/m1/s1. The molecule has 2 aromatic rings. The number of aliphatic imine (C=N–C) groups is 1. The molecule has 12 heteroatoms. The van der Waals surface area contributed by atoms with Gasteiger partial charge in [-0.05, 0) is 83.1 Å². The molecule has 5 rings (SSSR count). The lowest BCUT2D eigenvalue weighted by molar-refractivity contribution is -0.384. The highest BCUT2D eigenvalue weighted by Crippen LogP contribution is 2.35. The number of non-ortho nitro benzene ring substituents is 1. The third-order valence-electron chi connectivity index (χ3n) is 9.33. The first-order chi connectivity index (χ1) is 21.7. The van der Waals surface area contributed by atoms with Crippen molar-refractivity contribution in [1.29, 1.82) is 0 Å². The van der Waals surface area contributed by atoms with E-state index in [0.29, 0.717) is 49.7 Å². The van der Waals surface area contributed by atoms with E-state index in [4.69, 9.17) is 4.99 Å². The van der Waals surface area contributed by atoms with Crippen molar-refractivity contribution < 1.29 is 18.1 Å². The van der Waals surface area contributed by atoms with E-state index in [-0.39, 0.29) is 22.4 Å². The fourth-order valence-corrected chi connectivity index (χ4v) is 8.56. The molecular weight excluding hydrogens is 592 g/mol. The van der Waals surface area contributed by atoms with Crippen LogP contribution in [0.4, 0.5) is 22.7 Å². The summed E-state index contributed by atoms with van der Waals surface area (Å²) in [7, 11) is -3.73. The summed E-state index contributed by atoms with van der Waals surface area (Å²) in [5.41, 5.74) is 2.46. The predicted octanol–water partition coefficient (Wildman–Crippen LogP) is 5.60. The molecule has 0 aromatic heterocycles. The number of carbonyl (C=O) groups is 1. The molecule has 0 N–H and O–H groups in total. The highest BCUT2D eigenvalue weighted by molar-refractivity contribution is 7.89. The second kappa shape index (κ2) is 14.7. The van der Waals surface area contributed by atoms with Crippen LogP contribution in [0.25, 0.3) is 0 Å². The number of carbonyl (C=O) groups excluding carboxylic acids is 1. The van der Waals surface area contributed by atoms with Gasteiger partial charge in [0.15, 0.2) is 0 Å². The van der Waals surface area contributed by atoms with Crippen molar-refractivity contribution in [1.82, 2.24) is 9.21 Å². The van der Waals surface area contributed by atoms with Crippen molar-refractivity contribution in [2.24, 2.45) is 10.9 Å². The lowest BCUT2D eigenvalue weighted by Gasteiger charge is -2.36. The van der Waals surface area contributed by atoms with E-state index in [0.717, 1.165) is 76.7 Å². The van der Waals surface area contributed by atoms with Gasteiger partial charge in [-0.2, -0.15) is 4.31 Å². The number of piperidine rings is 3. The Hall–Kier alpha value is -3.51. The first-order valence-electron chi connectivity index (χ1n) is 16.5. The number of hydrogen-bond donors (Lipinski definition) is 0. The Kier molecular flexibility index (Phi) is 10.8. The van der Waals surface area contributed by atoms with Crippen molar-refractivity contribution in [3.8, 4) is 0 Å². The van der Waals surface area contributed by atoms with Gasteiger partial charge in [0.05, 0.1) is 22.2 Å². The van der Waals surface area contributed by atoms with E-state index < -0.39 is 14.9 Å². The topological polar surface area (TPSA) is 120 Å². The fourth-order valence-electron chi connectivity index (χ4n) is 6.81. The molecule has 0 aliphatic carbocycles. The Morgan fingerprint density at radius 2 is 1.56 bits per heavy atom. The zero-order valence-corrected chi connectivity index (χ0v) is 27.4. The van der Waals surface area contributed by atoms with Crippen LogP contribution in [0.2, 0.25) is 0 Å². The molecule has 0 spiro atoms. The number of nitro groups is 1. The quantitative estimate of drug-likeness (QED) is 0.189. The summed E-state index contributed by atoms with van der Waals surface area (Å²) in [6.07, 6.45) is 9.15. The van der Waals surface area contributed by atoms with E-state index in [2.05, 4.69) is 9.80 Å². The van der Waals surface area contributed by atoms with Gasteiger partial charge in [0.2, 0.25) is 15.9 Å². The second-order valence-corrected chi connectivity index (χ2v) is 14.1. The summed E-state index contributed by atoms with van der Waals surface area (Å²) in [5.74, 6) is -0.0124. The second-order valence-electron chi connectivity index (χ2n) is 12.2. The molecule has 3 heterocycles. The van der Waals surface area contributed by atoms with E-state index in [9.17, 15) is 23.3 Å². The summed E-state index contributed by atoms with van der Waals surface area (Å²) in [6.45, 7) is 9.19. The minimum Gasteiger partial charge on any atom is -0.370 e. The Labute approximate surface area is 267 Å². The molecular formula is C33H46N6O5S. The van der Waals surface area contributed by atoms with Gasteiger partial charge in [0, 0.05) is 82.0 Å². The molecule has 1 amide bonds. The van der Waals surface area contributed by atoms with Gasteiger partial charge in [-0.1, -0.05) is 6.42 Å². The number of nitrogens with zero attached hydrogens (tertiary/aromatic N) is 6. The number of hydrogen-bond acceptors (Lipinski definition) is 8. The first kappa shape index (κ1) is 32.9. The van der Waals surface area contributed by atoms with Gasteiger partial charge in [-0.3, -0.25) is 19.9 Å². The van der Waals surface area contributed by atoms with E-state index in [1.807, 2.05) is 30.9 Å². The lowest BCUT2D eigenvalue weighted by Crippen LogP contribution is -2.45. The van der Waals surface area contributed by atoms with Crippen LogP contribution in [0.15, 0.2) is 46.3 Å². The molecule has 3 aliphatic rings. The number of nitro benzene ring substituents is 1. The summed E-state index contributed by atoms with van der Waals surface area (Å²) in [4.78, 5) is 35.6. The Bertz CT molecular complexity index is 1500. The maximum atomic E-state index is 14.0. The molecule has 45 heavy (non-hydrogen) atoms. The SMILES string of the molecule is CCN(CC)C(=O)[C@@H]1CCCN(c2ccc([N+](=O)[O-])cc2C=Nc2ccc(N3CCCCC3)c(S(=O)(=O)N3CCCCC3)c2)C1. The molecule has 0 unspecified atom stereocenters. The van der Waals surface area contributed by atoms with E-state index in [1.54, 1.807) is 22.7 Å². The van der Waals surface area contributed by atoms with Crippen LogP contribution in [0.1, 0.15) is 70.8 Å². The number of amides is 1. The molecule has 244 valence electrons. The smallest absolute Gasteiger partial charge is 0.270 e. The Morgan fingerprint density at radius 1 is 0.911 bits per heavy atom. The molecule has 0 radical (unpaired) electrons. The summed E-state index contributed by atoms with van der Waals surface area (Å²) < 4.78 is 29.5. The highest BCUT2D eigenvalue weighted by Gasteiger charge is 2.32. The van der Waals surface area contributed by atoms with E-state index in [1.165, 1.54) is 12.1 Å². The average Bonchev–Trinajstić information content (AvgIpc) is 3.08. The predicted molar refractivity (Wildman–Crippen MR) is 178 cm³/mol. The Balaban J connectivity index is 1.49. The maximum Gasteiger partial charge on any atom is 0.270 e. The summed E-state index contributed by atoms with van der Waals surface area (Å²) in [6, 6.07) is 10.1. The molecule has 2 aromatic carbocycles. The molecule has 1 atom stereocenters.